The van der Waals surface area contributed by atoms with Gasteiger partial charge in [-0.1, -0.05) is 0 Å². The fraction of sp³-hybridized carbons (Fsp3) is 0.375. The number of rotatable bonds is 2. The van der Waals surface area contributed by atoms with Crippen LogP contribution in [0.15, 0.2) is 15.8 Å². The maximum atomic E-state index is 11.2. The molecule has 1 atom stereocenters. The Labute approximate surface area is 83.9 Å². The van der Waals surface area contributed by atoms with E-state index in [0.29, 0.717) is 4.57 Å². The van der Waals surface area contributed by atoms with Crippen LogP contribution in [-0.2, 0) is 9.53 Å². The zero-order valence-corrected chi connectivity index (χ0v) is 8.18. The number of aromatic amines is 1. The molecule has 15 heavy (non-hydrogen) atoms. The van der Waals surface area contributed by atoms with E-state index in [0.717, 1.165) is 13.1 Å². The molecule has 0 fully saturated rings. The first-order valence-electron chi connectivity index (χ1n) is 4.09. The maximum absolute atomic E-state index is 11.2. The van der Waals surface area contributed by atoms with E-state index in [2.05, 4.69) is 4.74 Å². The van der Waals surface area contributed by atoms with Crippen molar-refractivity contribution in [2.75, 3.05) is 0 Å². The van der Waals surface area contributed by atoms with Gasteiger partial charge in [0.1, 0.15) is 0 Å². The number of nitrogens with one attached hydrogen (secondary N) is 1. The second-order valence-corrected chi connectivity index (χ2v) is 2.91. The van der Waals surface area contributed by atoms with E-state index in [-0.39, 0.29) is 5.56 Å². The molecule has 2 N–H and O–H groups in total. The van der Waals surface area contributed by atoms with Gasteiger partial charge in [0, 0.05) is 18.7 Å². The number of aryl methyl sites for hydroxylation is 1. The van der Waals surface area contributed by atoms with Crippen molar-refractivity contribution in [1.82, 2.24) is 9.55 Å². The molecule has 0 saturated carbocycles. The summed E-state index contributed by atoms with van der Waals surface area (Å²) in [7, 11) is 0. The standard InChI is InChI=1S/C8H10N2O5/c1-4-3-10(7(13)9-6(4)12)8(14)15-5(2)11/h3,8,14H,1-2H3,(H,9,12,13). The summed E-state index contributed by atoms with van der Waals surface area (Å²) in [5.41, 5.74) is -1.17. The molecule has 1 aromatic rings. The number of hydrogen-bond donors (Lipinski definition) is 2. The van der Waals surface area contributed by atoms with Gasteiger partial charge in [0.2, 0.25) is 0 Å². The molecule has 0 aromatic carbocycles. The van der Waals surface area contributed by atoms with Crippen LogP contribution in [0.4, 0.5) is 0 Å². The lowest BCUT2D eigenvalue weighted by Gasteiger charge is -2.12. The topological polar surface area (TPSA) is 101 Å². The van der Waals surface area contributed by atoms with E-state index < -0.39 is 23.6 Å². The number of aliphatic hydroxyl groups is 1. The van der Waals surface area contributed by atoms with Gasteiger partial charge in [-0.25, -0.2) is 9.36 Å². The molecule has 0 amide bonds. The highest BCUT2D eigenvalue weighted by molar-refractivity contribution is 5.65. The van der Waals surface area contributed by atoms with E-state index in [1.807, 2.05) is 4.98 Å². The summed E-state index contributed by atoms with van der Waals surface area (Å²) in [5.74, 6) is -0.738. The Morgan fingerprint density at radius 2 is 2.20 bits per heavy atom. The predicted octanol–water partition coefficient (Wildman–Crippen LogP) is -1.14. The molecule has 0 bridgehead atoms. The van der Waals surface area contributed by atoms with Crippen LogP contribution >= 0.6 is 0 Å². The molecule has 82 valence electrons. The third-order valence-electron chi connectivity index (χ3n) is 1.66. The summed E-state index contributed by atoms with van der Waals surface area (Å²) in [6.45, 7) is 2.54. The third kappa shape index (κ3) is 2.53. The molecule has 7 heteroatoms. The van der Waals surface area contributed by atoms with Crippen molar-refractivity contribution < 1.29 is 14.6 Å². The van der Waals surface area contributed by atoms with Gasteiger partial charge in [0.15, 0.2) is 0 Å². The average Bonchev–Trinajstić information content (AvgIpc) is 2.09. The van der Waals surface area contributed by atoms with Gasteiger partial charge in [-0.3, -0.25) is 14.6 Å². The van der Waals surface area contributed by atoms with E-state index in [1.165, 1.54) is 6.92 Å². The first-order valence-corrected chi connectivity index (χ1v) is 4.09. The summed E-state index contributed by atoms with van der Waals surface area (Å²) >= 11 is 0. The van der Waals surface area contributed by atoms with Crippen LogP contribution < -0.4 is 11.2 Å². The minimum Gasteiger partial charge on any atom is -0.416 e. The summed E-state index contributed by atoms with van der Waals surface area (Å²) < 4.78 is 5.08. The lowest BCUT2D eigenvalue weighted by Crippen LogP contribution is -2.34. The number of aromatic nitrogens is 2. The van der Waals surface area contributed by atoms with Crippen molar-refractivity contribution in [3.63, 3.8) is 0 Å². The van der Waals surface area contributed by atoms with Gasteiger partial charge in [0.05, 0.1) is 0 Å². The Morgan fingerprint density at radius 3 is 2.73 bits per heavy atom. The predicted molar refractivity (Wildman–Crippen MR) is 49.1 cm³/mol. The number of hydrogen-bond acceptors (Lipinski definition) is 5. The number of esters is 1. The van der Waals surface area contributed by atoms with Crippen molar-refractivity contribution in [2.45, 2.75) is 20.3 Å². The Hall–Kier alpha value is -1.89. The third-order valence-corrected chi connectivity index (χ3v) is 1.66. The minimum absolute atomic E-state index is 0.223. The Morgan fingerprint density at radius 1 is 1.60 bits per heavy atom. The molecule has 0 radical (unpaired) electrons. The van der Waals surface area contributed by atoms with E-state index in [1.54, 1.807) is 0 Å². The monoisotopic (exact) mass is 214 g/mol. The second kappa shape index (κ2) is 4.09. The molecular weight excluding hydrogens is 204 g/mol. The molecule has 1 unspecified atom stereocenters. The largest absolute Gasteiger partial charge is 0.416 e. The molecule has 0 aliphatic rings. The molecule has 0 spiro atoms. The van der Waals surface area contributed by atoms with Crippen LogP contribution in [0.3, 0.4) is 0 Å². The lowest BCUT2D eigenvalue weighted by molar-refractivity contribution is -0.183. The first kappa shape index (κ1) is 11.2. The number of H-pyrrole nitrogens is 1. The van der Waals surface area contributed by atoms with Crippen molar-refractivity contribution in [1.29, 1.82) is 0 Å². The molecule has 1 rings (SSSR count). The van der Waals surface area contributed by atoms with Crippen LogP contribution in [0, 0.1) is 6.92 Å². The molecule has 1 heterocycles. The molecule has 0 aliphatic carbocycles. The Bertz CT molecular complexity index is 487. The van der Waals surface area contributed by atoms with Crippen molar-refractivity contribution >= 4 is 5.97 Å². The number of ether oxygens (including phenoxy) is 1. The van der Waals surface area contributed by atoms with Crippen molar-refractivity contribution in [2.24, 2.45) is 0 Å². The highest BCUT2D eigenvalue weighted by Gasteiger charge is 2.12. The van der Waals surface area contributed by atoms with Gasteiger partial charge < -0.3 is 9.84 Å². The average molecular weight is 214 g/mol. The number of carbonyl (C=O) groups excluding carboxylic acids is 1. The van der Waals surface area contributed by atoms with Gasteiger partial charge in [0.25, 0.3) is 12.0 Å². The van der Waals surface area contributed by atoms with Crippen LogP contribution in [0.5, 0.6) is 0 Å². The maximum Gasteiger partial charge on any atom is 0.333 e. The Kier molecular flexibility index (Phi) is 3.05. The molecule has 1 aromatic heterocycles. The van der Waals surface area contributed by atoms with E-state index >= 15 is 0 Å². The number of aliphatic hydroxyl groups excluding tert-OH is 1. The van der Waals surface area contributed by atoms with Gasteiger partial charge in [-0.2, -0.15) is 0 Å². The van der Waals surface area contributed by atoms with Gasteiger partial charge in [-0.15, -0.1) is 0 Å². The van der Waals surface area contributed by atoms with E-state index in [9.17, 15) is 19.5 Å². The molecule has 7 nitrogen and oxygen atoms in total. The van der Waals surface area contributed by atoms with Crippen LogP contribution in [0.1, 0.15) is 18.9 Å². The highest BCUT2D eigenvalue weighted by Crippen LogP contribution is 2.00. The van der Waals surface area contributed by atoms with Crippen LogP contribution in [0.2, 0.25) is 0 Å². The molecule has 0 aliphatic heterocycles. The summed E-state index contributed by atoms with van der Waals surface area (Å²) in [6, 6.07) is 0. The van der Waals surface area contributed by atoms with Crippen LogP contribution in [-0.4, -0.2) is 20.6 Å². The zero-order chi connectivity index (χ0) is 11.6. The smallest absolute Gasteiger partial charge is 0.333 e. The van der Waals surface area contributed by atoms with Gasteiger partial charge >= 0.3 is 11.7 Å². The Balaban J connectivity index is 3.15. The van der Waals surface area contributed by atoms with Crippen LogP contribution in [0.25, 0.3) is 0 Å². The zero-order valence-electron chi connectivity index (χ0n) is 8.18. The fourth-order valence-electron chi connectivity index (χ4n) is 0.955. The number of nitrogens with zero attached hydrogens (tertiary/aromatic N) is 1. The number of carbonyl (C=O) groups is 1. The quantitative estimate of drug-likeness (QED) is 0.478. The van der Waals surface area contributed by atoms with Gasteiger partial charge in [-0.05, 0) is 6.92 Å². The minimum atomic E-state index is -1.73. The fourth-order valence-corrected chi connectivity index (χ4v) is 0.955. The first-order chi connectivity index (χ1) is 6.91. The SMILES string of the molecule is CC(=O)OC(O)n1cc(C)c(=O)[nH]c1=O. The summed E-state index contributed by atoms with van der Waals surface area (Å²) in [4.78, 5) is 34.6. The normalized spacial score (nSPS) is 12.2. The lowest BCUT2D eigenvalue weighted by atomic mass is 10.4. The molecule has 0 saturated heterocycles. The van der Waals surface area contributed by atoms with Crippen molar-refractivity contribution in [3.05, 3.63) is 32.6 Å². The summed E-state index contributed by atoms with van der Waals surface area (Å²) in [6.07, 6.45) is -0.625. The summed E-state index contributed by atoms with van der Waals surface area (Å²) in [5, 5.41) is 9.28. The second-order valence-electron chi connectivity index (χ2n) is 2.91. The highest BCUT2D eigenvalue weighted by atomic mass is 16.7. The molecular formula is C8H10N2O5. The van der Waals surface area contributed by atoms with Crippen molar-refractivity contribution in [3.8, 4) is 0 Å². The van der Waals surface area contributed by atoms with E-state index in [4.69, 9.17) is 0 Å².